The van der Waals surface area contributed by atoms with E-state index in [2.05, 4.69) is 0 Å². The van der Waals surface area contributed by atoms with E-state index in [4.69, 9.17) is 15.6 Å². The molecule has 2 unspecified atom stereocenters. The molecule has 0 fully saturated rings. The summed E-state index contributed by atoms with van der Waals surface area (Å²) in [5, 5.41) is 8.53. The van der Waals surface area contributed by atoms with Gasteiger partial charge in [-0.15, -0.1) is 0 Å². The maximum atomic E-state index is 12.1. The Morgan fingerprint density at radius 3 is 2.47 bits per heavy atom. The van der Waals surface area contributed by atoms with E-state index in [0.29, 0.717) is 11.3 Å². The molecule has 19 heavy (non-hydrogen) atoms. The molecule has 0 heterocycles. The van der Waals surface area contributed by atoms with E-state index < -0.39 is 19.1 Å². The van der Waals surface area contributed by atoms with Crippen LogP contribution in [0.1, 0.15) is 18.4 Å². The van der Waals surface area contributed by atoms with Gasteiger partial charge >= 0.3 is 5.97 Å². The number of methoxy groups -OCH3 is 1. The van der Waals surface area contributed by atoms with Gasteiger partial charge < -0.3 is 20.5 Å². The van der Waals surface area contributed by atoms with Gasteiger partial charge in [0.1, 0.15) is 5.75 Å². The Balaban J connectivity index is 2.66. The molecule has 106 valence electrons. The fourth-order valence-corrected chi connectivity index (χ4v) is 3.08. The maximum absolute atomic E-state index is 12.1. The summed E-state index contributed by atoms with van der Waals surface area (Å²) in [5.41, 5.74) is 6.27. The van der Waals surface area contributed by atoms with Gasteiger partial charge in [-0.25, -0.2) is 0 Å². The zero-order valence-electron chi connectivity index (χ0n) is 10.7. The minimum absolute atomic E-state index is 0.0146. The van der Waals surface area contributed by atoms with Crippen LogP contribution in [0.15, 0.2) is 24.3 Å². The Bertz CT molecular complexity index is 474. The molecule has 7 heteroatoms. The first kappa shape index (κ1) is 15.7. The molecule has 0 aliphatic carbocycles. The van der Waals surface area contributed by atoms with Gasteiger partial charge in [0, 0.05) is 6.42 Å². The second-order valence-corrected chi connectivity index (χ2v) is 6.75. The van der Waals surface area contributed by atoms with Crippen molar-refractivity contribution >= 4 is 13.3 Å². The van der Waals surface area contributed by atoms with Crippen LogP contribution in [-0.4, -0.2) is 28.9 Å². The van der Waals surface area contributed by atoms with Crippen molar-refractivity contribution in [3.63, 3.8) is 0 Å². The quantitative estimate of drug-likeness (QED) is 0.657. The van der Waals surface area contributed by atoms with E-state index in [1.807, 2.05) is 0 Å². The SMILES string of the molecule is COc1ccc(CP(=O)(O)C(N)CCC(=O)O)cc1. The second-order valence-electron chi connectivity index (χ2n) is 4.26. The van der Waals surface area contributed by atoms with Crippen molar-refractivity contribution in [2.75, 3.05) is 7.11 Å². The Morgan fingerprint density at radius 1 is 1.42 bits per heavy atom. The normalized spacial score (nSPS) is 15.5. The highest BCUT2D eigenvalue weighted by Crippen LogP contribution is 2.48. The third-order valence-electron chi connectivity index (χ3n) is 2.74. The van der Waals surface area contributed by atoms with Crippen molar-refractivity contribution in [2.45, 2.75) is 24.8 Å². The fourth-order valence-electron chi connectivity index (χ4n) is 1.58. The second kappa shape index (κ2) is 6.70. The lowest BCUT2D eigenvalue weighted by molar-refractivity contribution is -0.137. The van der Waals surface area contributed by atoms with Crippen LogP contribution in [0.2, 0.25) is 0 Å². The molecule has 0 aromatic heterocycles. The maximum Gasteiger partial charge on any atom is 0.303 e. The molecule has 1 aromatic rings. The molecule has 0 aliphatic heterocycles. The average Bonchev–Trinajstić information content (AvgIpc) is 2.36. The predicted molar refractivity (Wildman–Crippen MR) is 71.4 cm³/mol. The Labute approximate surface area is 111 Å². The molecule has 4 N–H and O–H groups in total. The van der Waals surface area contributed by atoms with Crippen molar-refractivity contribution < 1.29 is 24.1 Å². The topological polar surface area (TPSA) is 110 Å². The molecule has 1 aromatic carbocycles. The molecular weight excluding hydrogens is 269 g/mol. The summed E-state index contributed by atoms with van der Waals surface area (Å²) in [7, 11) is -2.08. The minimum atomic E-state index is -3.61. The number of hydrogen-bond acceptors (Lipinski definition) is 4. The van der Waals surface area contributed by atoms with Crippen LogP contribution < -0.4 is 10.5 Å². The van der Waals surface area contributed by atoms with Crippen LogP contribution in [0, 0.1) is 0 Å². The van der Waals surface area contributed by atoms with E-state index >= 15 is 0 Å². The standard InChI is InChI=1S/C12H18NO5P/c1-18-10-4-2-9(3-5-10)8-19(16,17)11(13)6-7-12(14)15/h2-5,11H,6-8,13H2,1H3,(H,14,15)(H,16,17). The highest BCUT2D eigenvalue weighted by atomic mass is 31.2. The summed E-state index contributed by atoms with van der Waals surface area (Å²) in [6, 6.07) is 6.76. The molecule has 0 spiro atoms. The van der Waals surface area contributed by atoms with Crippen LogP contribution in [0.5, 0.6) is 5.75 Å². The minimum Gasteiger partial charge on any atom is -0.497 e. The predicted octanol–water partition coefficient (Wildman–Crippen LogP) is 1.62. The van der Waals surface area contributed by atoms with Crippen LogP contribution in [0.25, 0.3) is 0 Å². The van der Waals surface area contributed by atoms with Gasteiger partial charge in [-0.1, -0.05) is 12.1 Å². The third-order valence-corrected chi connectivity index (χ3v) is 4.85. The molecule has 6 nitrogen and oxygen atoms in total. The van der Waals surface area contributed by atoms with Gasteiger partial charge in [0.05, 0.1) is 19.1 Å². The van der Waals surface area contributed by atoms with Gasteiger partial charge in [0.15, 0.2) is 0 Å². The Hall–Kier alpha value is -1.36. The molecule has 0 aliphatic rings. The number of carbonyl (C=O) groups is 1. The molecular formula is C12H18NO5P. The summed E-state index contributed by atoms with van der Waals surface area (Å²) < 4.78 is 17.0. The van der Waals surface area contributed by atoms with E-state index in [9.17, 15) is 14.3 Å². The van der Waals surface area contributed by atoms with E-state index in [1.165, 1.54) is 7.11 Å². The van der Waals surface area contributed by atoms with Crippen molar-refractivity contribution in [3.05, 3.63) is 29.8 Å². The van der Waals surface area contributed by atoms with Gasteiger partial charge in [-0.3, -0.25) is 9.36 Å². The molecule has 1 rings (SSSR count). The van der Waals surface area contributed by atoms with Crippen LogP contribution in [0.3, 0.4) is 0 Å². The van der Waals surface area contributed by atoms with Gasteiger partial charge in [0.2, 0.25) is 7.37 Å². The van der Waals surface area contributed by atoms with Crippen molar-refractivity contribution in [2.24, 2.45) is 5.73 Å². The molecule has 0 saturated carbocycles. The Morgan fingerprint density at radius 2 is 2.00 bits per heavy atom. The number of rotatable bonds is 7. The van der Waals surface area contributed by atoms with Gasteiger partial charge in [-0.05, 0) is 24.1 Å². The first-order chi connectivity index (χ1) is 8.85. The average molecular weight is 287 g/mol. The third kappa shape index (κ3) is 5.03. The largest absolute Gasteiger partial charge is 0.497 e. The number of benzene rings is 1. The first-order valence-electron chi connectivity index (χ1n) is 5.77. The van der Waals surface area contributed by atoms with E-state index in [0.717, 1.165) is 0 Å². The molecule has 0 amide bonds. The molecule has 0 radical (unpaired) electrons. The van der Waals surface area contributed by atoms with Crippen molar-refractivity contribution in [1.82, 2.24) is 0 Å². The first-order valence-corrected chi connectivity index (χ1v) is 7.68. The van der Waals surface area contributed by atoms with Crippen molar-refractivity contribution in [1.29, 1.82) is 0 Å². The summed E-state index contributed by atoms with van der Waals surface area (Å²) >= 11 is 0. The number of aliphatic carboxylic acids is 1. The number of nitrogens with two attached hydrogens (primary N) is 1. The summed E-state index contributed by atoms with van der Waals surface area (Å²) in [4.78, 5) is 20.3. The molecule has 0 saturated heterocycles. The van der Waals surface area contributed by atoms with Crippen LogP contribution in [0.4, 0.5) is 0 Å². The fraction of sp³-hybridized carbons (Fsp3) is 0.417. The molecule has 2 atom stereocenters. The van der Waals surface area contributed by atoms with Gasteiger partial charge in [0.25, 0.3) is 0 Å². The monoisotopic (exact) mass is 287 g/mol. The van der Waals surface area contributed by atoms with E-state index in [1.54, 1.807) is 24.3 Å². The number of ether oxygens (including phenoxy) is 1. The van der Waals surface area contributed by atoms with Crippen LogP contribution >= 0.6 is 7.37 Å². The lowest BCUT2D eigenvalue weighted by Crippen LogP contribution is -2.22. The number of carboxylic acid groups (broad SMARTS) is 1. The van der Waals surface area contributed by atoms with Crippen molar-refractivity contribution in [3.8, 4) is 5.75 Å². The lowest BCUT2D eigenvalue weighted by atomic mass is 10.2. The number of hydrogen-bond donors (Lipinski definition) is 3. The van der Waals surface area contributed by atoms with Gasteiger partial charge in [-0.2, -0.15) is 0 Å². The zero-order chi connectivity index (χ0) is 14.5. The molecule has 0 bridgehead atoms. The van der Waals surface area contributed by atoms with Crippen LogP contribution in [-0.2, 0) is 15.5 Å². The zero-order valence-corrected chi connectivity index (χ0v) is 11.5. The Kier molecular flexibility index (Phi) is 5.54. The summed E-state index contributed by atoms with van der Waals surface area (Å²) in [5.74, 6) is -1.39. The summed E-state index contributed by atoms with van der Waals surface area (Å²) in [6.07, 6.45) is -0.300. The lowest BCUT2D eigenvalue weighted by Gasteiger charge is -2.18. The summed E-state index contributed by atoms with van der Waals surface area (Å²) in [6.45, 7) is 0. The van der Waals surface area contributed by atoms with E-state index in [-0.39, 0.29) is 19.0 Å². The smallest absolute Gasteiger partial charge is 0.303 e. The highest BCUT2D eigenvalue weighted by Gasteiger charge is 2.28. The number of carboxylic acids is 1. The highest BCUT2D eigenvalue weighted by molar-refractivity contribution is 7.57.